The lowest BCUT2D eigenvalue weighted by Gasteiger charge is -2.05. The highest BCUT2D eigenvalue weighted by molar-refractivity contribution is 6.29. The van der Waals surface area contributed by atoms with Gasteiger partial charge in [0.15, 0.2) is 0 Å². The van der Waals surface area contributed by atoms with Gasteiger partial charge in [0.25, 0.3) is 0 Å². The minimum absolute atomic E-state index is 0.278. The largest absolute Gasteiger partial charge is 0.398 e. The molecule has 0 bridgehead atoms. The first-order valence-corrected chi connectivity index (χ1v) is 4.71. The fraction of sp³-hybridized carbons (Fsp3) is 0. The molecule has 0 saturated carbocycles. The molecule has 0 atom stereocenters. The topological polar surface area (TPSA) is 38.9 Å². The number of aromatic nitrogens is 1. The summed E-state index contributed by atoms with van der Waals surface area (Å²) in [7, 11) is 0. The van der Waals surface area contributed by atoms with Gasteiger partial charge < -0.3 is 5.73 Å². The first-order chi connectivity index (χ1) is 7.16. The first kappa shape index (κ1) is 9.93. The Morgan fingerprint density at radius 3 is 2.47 bits per heavy atom. The molecule has 0 radical (unpaired) electrons. The van der Waals surface area contributed by atoms with E-state index in [1.807, 2.05) is 0 Å². The number of rotatable bonds is 1. The van der Waals surface area contributed by atoms with Crippen LogP contribution in [0.3, 0.4) is 0 Å². The predicted molar refractivity (Wildman–Crippen MR) is 59.1 cm³/mol. The maximum absolute atomic E-state index is 12.7. The Labute approximate surface area is 91.5 Å². The van der Waals surface area contributed by atoms with E-state index in [-0.39, 0.29) is 5.82 Å². The zero-order chi connectivity index (χ0) is 10.8. The van der Waals surface area contributed by atoms with E-state index in [2.05, 4.69) is 4.98 Å². The van der Waals surface area contributed by atoms with E-state index >= 15 is 0 Å². The maximum Gasteiger partial charge on any atom is 0.131 e. The molecule has 0 aliphatic rings. The van der Waals surface area contributed by atoms with Crippen molar-refractivity contribution < 1.29 is 4.39 Å². The van der Waals surface area contributed by atoms with Crippen LogP contribution in [0.2, 0.25) is 5.15 Å². The van der Waals surface area contributed by atoms with Crippen molar-refractivity contribution in [3.63, 3.8) is 0 Å². The molecule has 76 valence electrons. The average molecular weight is 223 g/mol. The van der Waals surface area contributed by atoms with E-state index in [0.29, 0.717) is 10.8 Å². The number of anilines is 1. The Balaban J connectivity index is 2.49. The first-order valence-electron chi connectivity index (χ1n) is 4.34. The van der Waals surface area contributed by atoms with Crippen molar-refractivity contribution in [2.75, 3.05) is 5.73 Å². The number of halogens is 2. The molecule has 0 aliphatic heterocycles. The van der Waals surface area contributed by atoms with Crippen molar-refractivity contribution in [2.24, 2.45) is 0 Å². The van der Waals surface area contributed by atoms with Crippen molar-refractivity contribution >= 4 is 17.3 Å². The molecule has 0 aliphatic carbocycles. The van der Waals surface area contributed by atoms with Gasteiger partial charge in [0.2, 0.25) is 0 Å². The summed E-state index contributed by atoms with van der Waals surface area (Å²) in [4.78, 5) is 3.93. The molecule has 0 fully saturated rings. The third kappa shape index (κ3) is 2.07. The second kappa shape index (κ2) is 3.87. The van der Waals surface area contributed by atoms with Crippen LogP contribution < -0.4 is 5.73 Å². The molecule has 15 heavy (non-hydrogen) atoms. The zero-order valence-corrected chi connectivity index (χ0v) is 8.50. The highest BCUT2D eigenvalue weighted by Gasteiger charge is 2.03. The van der Waals surface area contributed by atoms with Crippen molar-refractivity contribution in [1.29, 1.82) is 0 Å². The molecule has 2 nitrogen and oxygen atoms in total. The van der Waals surface area contributed by atoms with E-state index in [1.165, 1.54) is 12.1 Å². The maximum atomic E-state index is 12.7. The SMILES string of the molecule is Nc1cc(Cl)ncc1-c1ccc(F)cc1. The van der Waals surface area contributed by atoms with Crippen molar-refractivity contribution in [2.45, 2.75) is 0 Å². The Morgan fingerprint density at radius 2 is 1.87 bits per heavy atom. The van der Waals surface area contributed by atoms with Gasteiger partial charge in [-0.15, -0.1) is 0 Å². The van der Waals surface area contributed by atoms with E-state index < -0.39 is 0 Å². The van der Waals surface area contributed by atoms with Gasteiger partial charge in [0.1, 0.15) is 11.0 Å². The van der Waals surface area contributed by atoms with Crippen LogP contribution in [0.25, 0.3) is 11.1 Å². The number of nitrogens with zero attached hydrogens (tertiary/aromatic N) is 1. The standard InChI is InChI=1S/C11H8ClFN2/c12-11-5-10(14)9(6-15-11)7-1-3-8(13)4-2-7/h1-6H,(H2,14,15). The number of hydrogen-bond donors (Lipinski definition) is 1. The van der Waals surface area contributed by atoms with Crippen LogP contribution in [0, 0.1) is 5.82 Å². The van der Waals surface area contributed by atoms with E-state index in [1.54, 1.807) is 24.4 Å². The van der Waals surface area contributed by atoms with Crippen LogP contribution in [0.5, 0.6) is 0 Å². The monoisotopic (exact) mass is 222 g/mol. The van der Waals surface area contributed by atoms with Crippen LogP contribution in [0.4, 0.5) is 10.1 Å². The van der Waals surface area contributed by atoms with Gasteiger partial charge in [0.05, 0.1) is 0 Å². The summed E-state index contributed by atoms with van der Waals surface area (Å²) in [6.45, 7) is 0. The van der Waals surface area contributed by atoms with E-state index in [9.17, 15) is 4.39 Å². The molecule has 1 heterocycles. The number of hydrogen-bond acceptors (Lipinski definition) is 2. The summed E-state index contributed by atoms with van der Waals surface area (Å²) < 4.78 is 12.7. The lowest BCUT2D eigenvalue weighted by molar-refractivity contribution is 0.628. The summed E-state index contributed by atoms with van der Waals surface area (Å²) in [6.07, 6.45) is 1.57. The second-order valence-electron chi connectivity index (χ2n) is 3.10. The Morgan fingerprint density at radius 1 is 1.20 bits per heavy atom. The number of pyridine rings is 1. The number of nitrogens with two attached hydrogens (primary N) is 1. The third-order valence-electron chi connectivity index (χ3n) is 2.06. The van der Waals surface area contributed by atoms with Crippen molar-refractivity contribution in [3.8, 4) is 11.1 Å². The van der Waals surface area contributed by atoms with Crippen molar-refractivity contribution in [1.82, 2.24) is 4.98 Å². The van der Waals surface area contributed by atoms with Gasteiger partial charge >= 0.3 is 0 Å². The lowest BCUT2D eigenvalue weighted by Crippen LogP contribution is -1.91. The molecule has 1 aromatic carbocycles. The molecule has 0 spiro atoms. The molecule has 2 rings (SSSR count). The van der Waals surface area contributed by atoms with Crippen molar-refractivity contribution in [3.05, 3.63) is 47.5 Å². The van der Waals surface area contributed by atoms with Gasteiger partial charge in [0, 0.05) is 17.4 Å². The third-order valence-corrected chi connectivity index (χ3v) is 2.26. The second-order valence-corrected chi connectivity index (χ2v) is 3.49. The minimum Gasteiger partial charge on any atom is -0.398 e. The van der Waals surface area contributed by atoms with E-state index in [4.69, 9.17) is 17.3 Å². The molecule has 1 aromatic heterocycles. The summed E-state index contributed by atoms with van der Waals surface area (Å²) in [5.74, 6) is -0.278. The lowest BCUT2D eigenvalue weighted by atomic mass is 10.1. The quantitative estimate of drug-likeness (QED) is 0.753. The molecular weight excluding hydrogens is 215 g/mol. The highest BCUT2D eigenvalue weighted by Crippen LogP contribution is 2.26. The van der Waals surface area contributed by atoms with Gasteiger partial charge in [-0.1, -0.05) is 23.7 Å². The summed E-state index contributed by atoms with van der Waals surface area (Å²) >= 11 is 5.68. The highest BCUT2D eigenvalue weighted by atomic mass is 35.5. The van der Waals surface area contributed by atoms with Crippen LogP contribution in [0.15, 0.2) is 36.5 Å². The average Bonchev–Trinajstić information content (AvgIpc) is 2.20. The Kier molecular flexibility index (Phi) is 2.56. The summed E-state index contributed by atoms with van der Waals surface area (Å²) in [5, 5.41) is 0.346. The fourth-order valence-corrected chi connectivity index (χ4v) is 1.48. The van der Waals surface area contributed by atoms with Gasteiger partial charge in [-0.05, 0) is 23.8 Å². The fourth-order valence-electron chi connectivity index (χ4n) is 1.31. The normalized spacial score (nSPS) is 10.3. The predicted octanol–water partition coefficient (Wildman–Crippen LogP) is 3.12. The van der Waals surface area contributed by atoms with Crippen LogP contribution >= 0.6 is 11.6 Å². The van der Waals surface area contributed by atoms with Gasteiger partial charge in [-0.25, -0.2) is 9.37 Å². The molecule has 2 aromatic rings. The van der Waals surface area contributed by atoms with Crippen LogP contribution in [-0.4, -0.2) is 4.98 Å². The smallest absolute Gasteiger partial charge is 0.131 e. The minimum atomic E-state index is -0.278. The van der Waals surface area contributed by atoms with Gasteiger partial charge in [-0.3, -0.25) is 0 Å². The van der Waals surface area contributed by atoms with Crippen LogP contribution in [-0.2, 0) is 0 Å². The number of nitrogen functional groups attached to an aromatic ring is 1. The molecule has 2 N–H and O–H groups in total. The molecule has 4 heteroatoms. The molecular formula is C11H8ClFN2. The summed E-state index contributed by atoms with van der Waals surface area (Å²) in [5.41, 5.74) is 7.87. The number of benzene rings is 1. The zero-order valence-electron chi connectivity index (χ0n) is 7.74. The van der Waals surface area contributed by atoms with Crippen LogP contribution in [0.1, 0.15) is 0 Å². The van der Waals surface area contributed by atoms with E-state index in [0.717, 1.165) is 11.1 Å². The molecule has 0 unspecified atom stereocenters. The van der Waals surface area contributed by atoms with Gasteiger partial charge in [-0.2, -0.15) is 0 Å². The Bertz CT molecular complexity index is 482. The summed E-state index contributed by atoms with van der Waals surface area (Å²) in [6, 6.07) is 7.63. The Hall–Kier alpha value is -1.61. The molecule has 0 amide bonds. The molecule has 0 saturated heterocycles.